The summed E-state index contributed by atoms with van der Waals surface area (Å²) < 4.78 is 13.9. The molecule has 1 aliphatic carbocycles. The van der Waals surface area contributed by atoms with E-state index in [2.05, 4.69) is 5.32 Å². The molecule has 19 heavy (non-hydrogen) atoms. The van der Waals surface area contributed by atoms with Gasteiger partial charge in [-0.2, -0.15) is 0 Å². The van der Waals surface area contributed by atoms with Crippen molar-refractivity contribution in [1.82, 2.24) is 10.3 Å². The van der Waals surface area contributed by atoms with Crippen LogP contribution in [0.15, 0.2) is 18.2 Å². The van der Waals surface area contributed by atoms with Crippen LogP contribution in [0.3, 0.4) is 0 Å². The summed E-state index contributed by atoms with van der Waals surface area (Å²) in [4.78, 5) is 6.00. The van der Waals surface area contributed by atoms with E-state index >= 15 is 0 Å². The first-order valence-corrected chi connectivity index (χ1v) is 7.44. The highest BCUT2D eigenvalue weighted by Gasteiger charge is 2.24. The number of halogens is 1. The first-order valence-electron chi connectivity index (χ1n) is 6.62. The zero-order valence-electron chi connectivity index (χ0n) is 11.2. The number of nitrogens with zero attached hydrogens (tertiary/aromatic N) is 1. The van der Waals surface area contributed by atoms with Crippen molar-refractivity contribution in [3.05, 3.63) is 40.2 Å². The predicted octanol–water partition coefficient (Wildman–Crippen LogP) is 3.85. The molecule has 1 unspecified atom stereocenters. The van der Waals surface area contributed by atoms with Gasteiger partial charge in [-0.1, -0.05) is 11.6 Å². The number of aromatic nitrogens is 1. The largest absolute Gasteiger partial charge is 0.312 e. The Kier molecular flexibility index (Phi) is 3.37. The second-order valence-electron chi connectivity index (χ2n) is 5.04. The van der Waals surface area contributed by atoms with Crippen LogP contribution in [0, 0.1) is 12.7 Å². The highest BCUT2D eigenvalue weighted by atomic mass is 32.1. The number of thiazole rings is 1. The van der Waals surface area contributed by atoms with Crippen molar-refractivity contribution < 1.29 is 4.39 Å². The Morgan fingerprint density at radius 2 is 2.26 bits per heavy atom. The van der Waals surface area contributed by atoms with Crippen molar-refractivity contribution in [1.29, 1.82) is 0 Å². The summed E-state index contributed by atoms with van der Waals surface area (Å²) in [5.74, 6) is -0.183. The highest BCUT2D eigenvalue weighted by molar-refractivity contribution is 7.15. The Bertz CT molecular complexity index is 606. The number of aryl methyl sites for hydroxylation is 2. The summed E-state index contributed by atoms with van der Waals surface area (Å²) in [6.45, 7) is 1.98. The Morgan fingerprint density at radius 1 is 1.42 bits per heavy atom. The lowest BCUT2D eigenvalue weighted by Gasteiger charge is -2.19. The molecule has 1 aromatic heterocycles. The Balaban J connectivity index is 2.07. The van der Waals surface area contributed by atoms with E-state index in [0.717, 1.165) is 29.1 Å². The van der Waals surface area contributed by atoms with E-state index < -0.39 is 0 Å². The van der Waals surface area contributed by atoms with Crippen molar-refractivity contribution >= 4 is 11.3 Å². The van der Waals surface area contributed by atoms with Gasteiger partial charge in [-0.15, -0.1) is 11.3 Å². The molecule has 4 heteroatoms. The third-order valence-corrected chi connectivity index (χ3v) is 4.82. The number of rotatable bonds is 2. The second kappa shape index (κ2) is 5.02. The highest BCUT2D eigenvalue weighted by Crippen LogP contribution is 2.37. The van der Waals surface area contributed by atoms with Gasteiger partial charge in [0, 0.05) is 10.4 Å². The fraction of sp³-hybridized carbons (Fsp3) is 0.400. The van der Waals surface area contributed by atoms with Crippen LogP contribution < -0.4 is 5.32 Å². The van der Waals surface area contributed by atoms with E-state index in [9.17, 15) is 4.39 Å². The lowest BCUT2D eigenvalue weighted by atomic mass is 9.98. The molecule has 1 heterocycles. The van der Waals surface area contributed by atoms with Crippen LogP contribution in [0.1, 0.15) is 35.0 Å². The molecule has 0 saturated heterocycles. The zero-order valence-corrected chi connectivity index (χ0v) is 12.0. The molecule has 0 spiro atoms. The van der Waals surface area contributed by atoms with Crippen molar-refractivity contribution in [3.8, 4) is 10.6 Å². The molecule has 0 bridgehead atoms. The summed E-state index contributed by atoms with van der Waals surface area (Å²) in [5.41, 5.74) is 2.82. The van der Waals surface area contributed by atoms with Crippen LogP contribution in [0.2, 0.25) is 0 Å². The van der Waals surface area contributed by atoms with Gasteiger partial charge in [0.25, 0.3) is 0 Å². The maximum absolute atomic E-state index is 13.9. The lowest BCUT2D eigenvalue weighted by Crippen LogP contribution is -2.21. The average molecular weight is 276 g/mol. The van der Waals surface area contributed by atoms with Crippen LogP contribution in [0.5, 0.6) is 0 Å². The first-order chi connectivity index (χ1) is 9.19. The second-order valence-corrected chi connectivity index (χ2v) is 6.13. The summed E-state index contributed by atoms with van der Waals surface area (Å²) >= 11 is 1.64. The number of benzene rings is 1. The van der Waals surface area contributed by atoms with Crippen LogP contribution >= 0.6 is 11.3 Å². The van der Waals surface area contributed by atoms with E-state index in [-0.39, 0.29) is 5.82 Å². The normalized spacial score (nSPS) is 18.4. The van der Waals surface area contributed by atoms with Crippen molar-refractivity contribution in [2.24, 2.45) is 0 Å². The third kappa shape index (κ3) is 2.30. The minimum Gasteiger partial charge on any atom is -0.312 e. The van der Waals surface area contributed by atoms with Crippen LogP contribution in [0.4, 0.5) is 4.39 Å². The SMILES string of the molecule is CNC1CCCc2sc(-c3cc(C)ccc3F)nc21. The molecule has 100 valence electrons. The maximum atomic E-state index is 13.9. The smallest absolute Gasteiger partial charge is 0.133 e. The molecule has 0 radical (unpaired) electrons. The van der Waals surface area contributed by atoms with Crippen molar-refractivity contribution in [2.75, 3.05) is 7.05 Å². The molecule has 1 aliphatic rings. The van der Waals surface area contributed by atoms with Crippen molar-refractivity contribution in [2.45, 2.75) is 32.2 Å². The topological polar surface area (TPSA) is 24.9 Å². The molecule has 1 aromatic carbocycles. The molecule has 0 amide bonds. The molecule has 0 saturated carbocycles. The number of hydrogen-bond donors (Lipinski definition) is 1. The summed E-state index contributed by atoms with van der Waals surface area (Å²) in [6.07, 6.45) is 3.36. The maximum Gasteiger partial charge on any atom is 0.133 e. The van der Waals surface area contributed by atoms with E-state index in [1.165, 1.54) is 17.4 Å². The van der Waals surface area contributed by atoms with Gasteiger partial charge in [0.1, 0.15) is 10.8 Å². The molecule has 1 N–H and O–H groups in total. The summed E-state index contributed by atoms with van der Waals surface area (Å²) in [6, 6.07) is 5.53. The van der Waals surface area contributed by atoms with Gasteiger partial charge in [-0.25, -0.2) is 9.37 Å². The Hall–Kier alpha value is -1.26. The van der Waals surface area contributed by atoms with E-state index in [0.29, 0.717) is 11.6 Å². The number of hydrogen-bond acceptors (Lipinski definition) is 3. The fourth-order valence-electron chi connectivity index (χ4n) is 2.62. The Morgan fingerprint density at radius 3 is 3.05 bits per heavy atom. The van der Waals surface area contributed by atoms with Gasteiger partial charge in [0.15, 0.2) is 0 Å². The van der Waals surface area contributed by atoms with Crippen molar-refractivity contribution in [3.63, 3.8) is 0 Å². The lowest BCUT2D eigenvalue weighted by molar-refractivity contribution is 0.490. The number of nitrogens with one attached hydrogen (secondary N) is 1. The molecule has 1 atom stereocenters. The van der Waals surface area contributed by atoms with Gasteiger partial charge in [0.05, 0.1) is 11.7 Å². The first kappa shape index (κ1) is 12.8. The summed E-state index contributed by atoms with van der Waals surface area (Å²) in [7, 11) is 1.96. The van der Waals surface area contributed by atoms with Gasteiger partial charge >= 0.3 is 0 Å². The zero-order chi connectivity index (χ0) is 13.4. The molecule has 0 fully saturated rings. The molecule has 2 nitrogen and oxygen atoms in total. The average Bonchev–Trinajstić information content (AvgIpc) is 2.85. The molecular formula is C15H17FN2S. The fourth-order valence-corrected chi connectivity index (χ4v) is 3.80. The monoisotopic (exact) mass is 276 g/mol. The summed E-state index contributed by atoms with van der Waals surface area (Å²) in [5, 5.41) is 4.11. The Labute approximate surface area is 116 Å². The molecule has 0 aliphatic heterocycles. The van der Waals surface area contributed by atoms with Crippen LogP contribution in [0.25, 0.3) is 10.6 Å². The minimum atomic E-state index is -0.183. The quantitative estimate of drug-likeness (QED) is 0.901. The van der Waals surface area contributed by atoms with Gasteiger partial charge in [-0.05, 0) is 45.4 Å². The molecule has 2 aromatic rings. The predicted molar refractivity (Wildman–Crippen MR) is 77.0 cm³/mol. The third-order valence-electron chi connectivity index (χ3n) is 3.65. The minimum absolute atomic E-state index is 0.183. The molecular weight excluding hydrogens is 259 g/mol. The van der Waals surface area contributed by atoms with Crippen LogP contribution in [-0.4, -0.2) is 12.0 Å². The van der Waals surface area contributed by atoms with E-state index in [1.807, 2.05) is 20.0 Å². The van der Waals surface area contributed by atoms with Gasteiger partial charge in [-0.3, -0.25) is 0 Å². The van der Waals surface area contributed by atoms with Gasteiger partial charge in [0.2, 0.25) is 0 Å². The van der Waals surface area contributed by atoms with Crippen LogP contribution in [-0.2, 0) is 6.42 Å². The van der Waals surface area contributed by atoms with E-state index in [4.69, 9.17) is 4.98 Å². The van der Waals surface area contributed by atoms with Gasteiger partial charge < -0.3 is 5.32 Å². The standard InChI is InChI=1S/C15H17FN2S/c1-9-6-7-11(16)10(8-9)15-18-14-12(17-2)4-3-5-13(14)19-15/h6-8,12,17H,3-5H2,1-2H3. The van der Waals surface area contributed by atoms with E-state index in [1.54, 1.807) is 17.4 Å². The number of fused-ring (bicyclic) bond motifs is 1. The molecule has 3 rings (SSSR count).